The summed E-state index contributed by atoms with van der Waals surface area (Å²) in [5.41, 5.74) is 1.11. The number of aromatic nitrogens is 1. The fourth-order valence-electron chi connectivity index (χ4n) is 5.56. The van der Waals surface area contributed by atoms with Gasteiger partial charge in [0, 0.05) is 69.9 Å². The van der Waals surface area contributed by atoms with Gasteiger partial charge in [-0.05, 0) is 17.7 Å². The number of nitrogens with one attached hydrogen (secondary N) is 1. The molecule has 4 saturated heterocycles. The summed E-state index contributed by atoms with van der Waals surface area (Å²) in [6.45, 7) is 6.07. The first kappa shape index (κ1) is 17.6. The Morgan fingerprint density at radius 1 is 1.04 bits per heavy atom. The van der Waals surface area contributed by atoms with Gasteiger partial charge < -0.3 is 19.7 Å². The molecule has 1 aromatic heterocycles. The second-order valence-corrected chi connectivity index (χ2v) is 8.54. The highest BCUT2D eigenvalue weighted by Gasteiger charge is 2.55. The Morgan fingerprint density at radius 2 is 1.71 bits per heavy atom. The minimum atomic E-state index is -0.252. The van der Waals surface area contributed by atoms with E-state index in [-0.39, 0.29) is 28.5 Å². The van der Waals surface area contributed by atoms with E-state index in [2.05, 4.69) is 39.4 Å². The van der Waals surface area contributed by atoms with Crippen LogP contribution in [0, 0.1) is 5.92 Å². The molecule has 1 amide bonds. The average Bonchev–Trinajstić information content (AvgIpc) is 2.95. The van der Waals surface area contributed by atoms with Crippen molar-refractivity contribution in [2.24, 2.45) is 13.0 Å². The fraction of sp³-hybridized carbons (Fsp3) is 0.455. The van der Waals surface area contributed by atoms with Crippen molar-refractivity contribution in [2.75, 3.05) is 39.3 Å². The van der Waals surface area contributed by atoms with Crippen molar-refractivity contribution in [1.82, 2.24) is 19.7 Å². The van der Waals surface area contributed by atoms with E-state index in [0.29, 0.717) is 5.92 Å². The average molecular weight is 378 g/mol. The van der Waals surface area contributed by atoms with Crippen LogP contribution >= 0.6 is 0 Å². The second-order valence-electron chi connectivity index (χ2n) is 8.54. The Balaban J connectivity index is 1.55. The summed E-state index contributed by atoms with van der Waals surface area (Å²) in [6, 6.07) is 14.0. The normalized spacial score (nSPS) is 33.5. The number of hydrogen-bond acceptors (Lipinski definition) is 4. The summed E-state index contributed by atoms with van der Waals surface area (Å²) < 4.78 is 1.46. The zero-order valence-corrected chi connectivity index (χ0v) is 16.2. The van der Waals surface area contributed by atoms with E-state index in [9.17, 15) is 9.59 Å². The van der Waals surface area contributed by atoms with Crippen LogP contribution < -0.4 is 10.9 Å². The van der Waals surface area contributed by atoms with Gasteiger partial charge in [0.2, 0.25) is 0 Å². The monoisotopic (exact) mass is 378 g/mol. The van der Waals surface area contributed by atoms with Crippen LogP contribution in [-0.2, 0) is 12.5 Å². The van der Waals surface area contributed by atoms with Gasteiger partial charge in [0.05, 0.1) is 0 Å². The van der Waals surface area contributed by atoms with Gasteiger partial charge in [0.15, 0.2) is 0 Å². The molecule has 6 heteroatoms. The van der Waals surface area contributed by atoms with Crippen LogP contribution in [0.5, 0.6) is 0 Å². The lowest BCUT2D eigenvalue weighted by molar-refractivity contribution is 0.0180. The third kappa shape index (κ3) is 2.71. The van der Waals surface area contributed by atoms with Gasteiger partial charge in [-0.3, -0.25) is 9.59 Å². The van der Waals surface area contributed by atoms with Crippen LogP contribution in [0.1, 0.15) is 15.9 Å². The number of amides is 1. The third-order valence-electron chi connectivity index (χ3n) is 6.80. The molecule has 4 aliphatic rings. The SMILES string of the molecule is Cn1cccc(C(=O)N[C@@H]2C3CN4CCN(C3)CC2(c2ccccc2)C4)c1=O. The number of nitrogens with zero attached hydrogens (tertiary/aromatic N) is 3. The number of carbonyl (C=O) groups excluding carboxylic acids is 1. The summed E-state index contributed by atoms with van der Waals surface area (Å²) in [7, 11) is 1.68. The Hall–Kier alpha value is -2.44. The first-order chi connectivity index (χ1) is 13.6. The molecule has 4 fully saturated rings. The standard InChI is InChI=1S/C22H26N4O2/c1-24-9-5-8-18(21(24)28)20(27)23-19-16-12-25-10-11-26(13-16)15-22(19,14-25)17-6-3-2-4-7-17/h2-9,16,19H,10-15H2,1H3,(H,23,27)/t16?,19-,22?/m1/s1. The maximum atomic E-state index is 13.1. The number of rotatable bonds is 3. The van der Waals surface area contributed by atoms with Crippen LogP contribution in [0.25, 0.3) is 0 Å². The molecule has 0 saturated carbocycles. The molecule has 1 N–H and O–H groups in total. The van der Waals surface area contributed by atoms with Gasteiger partial charge in [-0.2, -0.15) is 0 Å². The van der Waals surface area contributed by atoms with Gasteiger partial charge in [0.25, 0.3) is 11.5 Å². The molecule has 6 nitrogen and oxygen atoms in total. The number of pyridine rings is 1. The Morgan fingerprint density at radius 3 is 2.39 bits per heavy atom. The molecule has 0 spiro atoms. The van der Waals surface area contributed by atoms with E-state index in [4.69, 9.17) is 0 Å². The van der Waals surface area contributed by atoms with Crippen molar-refractivity contribution in [3.05, 3.63) is 70.1 Å². The second kappa shape index (κ2) is 6.57. The Kier molecular flexibility index (Phi) is 4.14. The molecule has 146 valence electrons. The maximum Gasteiger partial charge on any atom is 0.263 e. The van der Waals surface area contributed by atoms with Crippen molar-refractivity contribution in [3.8, 4) is 0 Å². The van der Waals surface area contributed by atoms with Crippen LogP contribution in [0.2, 0.25) is 0 Å². The van der Waals surface area contributed by atoms with Gasteiger partial charge in [-0.25, -0.2) is 0 Å². The summed E-state index contributed by atoms with van der Waals surface area (Å²) in [6.07, 6.45) is 1.68. The summed E-state index contributed by atoms with van der Waals surface area (Å²) in [5, 5.41) is 3.31. The summed E-state index contributed by atoms with van der Waals surface area (Å²) >= 11 is 0. The molecule has 3 atom stereocenters. The molecule has 4 aliphatic heterocycles. The number of fused-ring (bicyclic) bond motifs is 1. The zero-order chi connectivity index (χ0) is 19.3. The molecule has 4 bridgehead atoms. The predicted molar refractivity (Wildman–Crippen MR) is 107 cm³/mol. The van der Waals surface area contributed by atoms with Crippen LogP contribution in [-0.4, -0.2) is 65.6 Å². The highest BCUT2D eigenvalue weighted by molar-refractivity contribution is 5.94. The highest BCUT2D eigenvalue weighted by Crippen LogP contribution is 2.43. The van der Waals surface area contributed by atoms with E-state index in [0.717, 1.165) is 39.3 Å². The topological polar surface area (TPSA) is 57.6 Å². The lowest BCUT2D eigenvalue weighted by atomic mass is 9.64. The van der Waals surface area contributed by atoms with Crippen molar-refractivity contribution >= 4 is 5.91 Å². The van der Waals surface area contributed by atoms with E-state index in [1.807, 2.05) is 6.07 Å². The minimum Gasteiger partial charge on any atom is -0.348 e. The van der Waals surface area contributed by atoms with E-state index in [1.165, 1.54) is 10.1 Å². The zero-order valence-electron chi connectivity index (χ0n) is 16.2. The first-order valence-electron chi connectivity index (χ1n) is 10.0. The third-order valence-corrected chi connectivity index (χ3v) is 6.80. The molecule has 2 unspecified atom stereocenters. The smallest absolute Gasteiger partial charge is 0.263 e. The quantitative estimate of drug-likeness (QED) is 0.854. The fourth-order valence-corrected chi connectivity index (χ4v) is 5.56. The van der Waals surface area contributed by atoms with Gasteiger partial charge in [-0.1, -0.05) is 30.3 Å². The maximum absolute atomic E-state index is 13.1. The molecule has 0 aliphatic carbocycles. The molecule has 6 rings (SSSR count). The van der Waals surface area contributed by atoms with Crippen molar-refractivity contribution in [1.29, 1.82) is 0 Å². The van der Waals surface area contributed by atoms with Gasteiger partial charge >= 0.3 is 0 Å². The molecular formula is C22H26N4O2. The molecule has 2 aromatic rings. The predicted octanol–water partition coefficient (Wildman–Crippen LogP) is 0.683. The van der Waals surface area contributed by atoms with Crippen LogP contribution in [0.4, 0.5) is 0 Å². The summed E-state index contributed by atoms with van der Waals surface area (Å²) in [5.74, 6) is 0.111. The molecular weight excluding hydrogens is 352 g/mol. The van der Waals surface area contributed by atoms with Crippen molar-refractivity contribution in [2.45, 2.75) is 11.5 Å². The van der Waals surface area contributed by atoms with Gasteiger partial charge in [-0.15, -0.1) is 0 Å². The van der Waals surface area contributed by atoms with Crippen LogP contribution in [0.15, 0.2) is 53.5 Å². The first-order valence-corrected chi connectivity index (χ1v) is 10.0. The van der Waals surface area contributed by atoms with Crippen molar-refractivity contribution in [3.63, 3.8) is 0 Å². The van der Waals surface area contributed by atoms with E-state index >= 15 is 0 Å². The van der Waals surface area contributed by atoms with Crippen LogP contribution in [0.3, 0.4) is 0 Å². The number of hydrogen-bond donors (Lipinski definition) is 1. The number of aryl methyl sites for hydroxylation is 1. The Bertz CT molecular complexity index is 939. The molecule has 0 radical (unpaired) electrons. The van der Waals surface area contributed by atoms with Gasteiger partial charge in [0.1, 0.15) is 5.56 Å². The lowest BCUT2D eigenvalue weighted by Crippen LogP contribution is -2.70. The summed E-state index contributed by atoms with van der Waals surface area (Å²) in [4.78, 5) is 30.7. The molecule has 5 heterocycles. The van der Waals surface area contributed by atoms with E-state index in [1.54, 1.807) is 25.4 Å². The number of benzene rings is 1. The molecule has 28 heavy (non-hydrogen) atoms. The number of piperidine rings is 2. The largest absolute Gasteiger partial charge is 0.348 e. The lowest BCUT2D eigenvalue weighted by Gasteiger charge is -2.55. The Labute approximate surface area is 164 Å². The van der Waals surface area contributed by atoms with Crippen molar-refractivity contribution < 1.29 is 4.79 Å². The number of carbonyl (C=O) groups is 1. The minimum absolute atomic E-state index is 0.0258. The molecule has 1 aromatic carbocycles. The van der Waals surface area contributed by atoms with E-state index < -0.39 is 0 Å². The highest BCUT2D eigenvalue weighted by atomic mass is 16.2.